The molecule has 1 saturated heterocycles. The van der Waals surface area contributed by atoms with Gasteiger partial charge >= 0.3 is 0 Å². The molecule has 2 unspecified atom stereocenters. The molecule has 1 aromatic rings. The van der Waals surface area contributed by atoms with Crippen molar-refractivity contribution in [3.63, 3.8) is 0 Å². The van der Waals surface area contributed by atoms with Crippen LogP contribution in [0.2, 0.25) is 0 Å². The first-order valence-electron chi connectivity index (χ1n) is 7.78. The van der Waals surface area contributed by atoms with E-state index in [2.05, 4.69) is 43.0 Å². The predicted octanol–water partition coefficient (Wildman–Crippen LogP) is 3.65. The van der Waals surface area contributed by atoms with E-state index in [9.17, 15) is 0 Å². The lowest BCUT2D eigenvalue weighted by Crippen LogP contribution is -2.41. The van der Waals surface area contributed by atoms with E-state index in [1.54, 1.807) is 0 Å². The maximum absolute atomic E-state index is 6.11. The fourth-order valence-electron chi connectivity index (χ4n) is 3.39. The van der Waals surface area contributed by atoms with Gasteiger partial charge in [0.05, 0.1) is 0 Å². The first-order valence-corrected chi connectivity index (χ1v) is 7.78. The highest BCUT2D eigenvalue weighted by Crippen LogP contribution is 2.29. The number of hydrogen-bond acceptors (Lipinski definition) is 2. The molecule has 2 N–H and O–H groups in total. The lowest BCUT2D eigenvalue weighted by atomic mass is 9.99. The number of nitrogens with two attached hydrogens (primary N) is 1. The summed E-state index contributed by atoms with van der Waals surface area (Å²) in [5.41, 5.74) is 8.84. The van der Waals surface area contributed by atoms with Crippen molar-refractivity contribution in [2.24, 2.45) is 5.73 Å². The molecule has 2 nitrogen and oxygen atoms in total. The van der Waals surface area contributed by atoms with Gasteiger partial charge in [0.25, 0.3) is 0 Å². The molecule has 106 valence electrons. The summed E-state index contributed by atoms with van der Waals surface area (Å²) in [4.78, 5) is 2.67. The van der Waals surface area contributed by atoms with Crippen molar-refractivity contribution < 1.29 is 0 Å². The Kier molecular flexibility index (Phi) is 5.41. The topological polar surface area (TPSA) is 29.3 Å². The molecular formula is C17H28N2. The average molecular weight is 260 g/mol. The SMILES string of the molecule is CCC1CCCCCN1C(CN)c1cccc(C)c1. The Bertz CT molecular complexity index is 389. The van der Waals surface area contributed by atoms with E-state index in [0.717, 1.165) is 6.54 Å². The standard InChI is InChI=1S/C17H28N2/c1-3-16-10-5-4-6-11-19(16)17(13-18)15-9-7-8-14(2)12-15/h7-9,12,16-17H,3-6,10-11,13,18H2,1-2H3. The second-order valence-electron chi connectivity index (χ2n) is 5.81. The lowest BCUT2D eigenvalue weighted by Gasteiger charge is -2.36. The van der Waals surface area contributed by atoms with Crippen molar-refractivity contribution in [3.05, 3.63) is 35.4 Å². The largest absolute Gasteiger partial charge is 0.329 e. The highest BCUT2D eigenvalue weighted by molar-refractivity contribution is 5.25. The Morgan fingerprint density at radius 2 is 2.16 bits per heavy atom. The van der Waals surface area contributed by atoms with Crippen molar-refractivity contribution in [2.75, 3.05) is 13.1 Å². The monoisotopic (exact) mass is 260 g/mol. The van der Waals surface area contributed by atoms with E-state index < -0.39 is 0 Å². The third-order valence-corrected chi connectivity index (χ3v) is 4.44. The summed E-state index contributed by atoms with van der Waals surface area (Å²) in [5, 5.41) is 0. The first-order chi connectivity index (χ1) is 9.26. The molecule has 0 amide bonds. The van der Waals surface area contributed by atoms with Crippen LogP contribution in [0.1, 0.15) is 56.2 Å². The van der Waals surface area contributed by atoms with Crippen LogP contribution >= 0.6 is 0 Å². The Labute approximate surface area is 118 Å². The van der Waals surface area contributed by atoms with Crippen LogP contribution in [0, 0.1) is 6.92 Å². The van der Waals surface area contributed by atoms with Crippen LogP contribution in [0.15, 0.2) is 24.3 Å². The molecule has 0 bridgehead atoms. The van der Waals surface area contributed by atoms with Crippen molar-refractivity contribution in [1.82, 2.24) is 4.90 Å². The van der Waals surface area contributed by atoms with E-state index in [0.29, 0.717) is 12.1 Å². The zero-order chi connectivity index (χ0) is 13.7. The molecular weight excluding hydrogens is 232 g/mol. The van der Waals surface area contributed by atoms with Crippen LogP contribution in [0.4, 0.5) is 0 Å². The van der Waals surface area contributed by atoms with Gasteiger partial charge in [-0.15, -0.1) is 0 Å². The van der Waals surface area contributed by atoms with Gasteiger partial charge in [0.15, 0.2) is 0 Å². The molecule has 1 aliphatic heterocycles. The molecule has 1 aromatic carbocycles. The average Bonchev–Trinajstić information content (AvgIpc) is 2.65. The van der Waals surface area contributed by atoms with Crippen LogP contribution in [-0.4, -0.2) is 24.0 Å². The quantitative estimate of drug-likeness (QED) is 0.895. The summed E-state index contributed by atoms with van der Waals surface area (Å²) in [5.74, 6) is 0. The van der Waals surface area contributed by atoms with Crippen molar-refractivity contribution in [3.8, 4) is 0 Å². The summed E-state index contributed by atoms with van der Waals surface area (Å²) in [6.45, 7) is 6.40. The van der Waals surface area contributed by atoms with Crippen molar-refractivity contribution in [1.29, 1.82) is 0 Å². The zero-order valence-electron chi connectivity index (χ0n) is 12.4. The van der Waals surface area contributed by atoms with Gasteiger partial charge in [-0.25, -0.2) is 0 Å². The second-order valence-corrected chi connectivity index (χ2v) is 5.81. The molecule has 1 heterocycles. The lowest BCUT2D eigenvalue weighted by molar-refractivity contribution is 0.136. The fourth-order valence-corrected chi connectivity index (χ4v) is 3.39. The van der Waals surface area contributed by atoms with E-state index in [4.69, 9.17) is 5.73 Å². The van der Waals surface area contributed by atoms with Crippen LogP contribution in [0.3, 0.4) is 0 Å². The van der Waals surface area contributed by atoms with E-state index in [1.165, 1.54) is 49.8 Å². The van der Waals surface area contributed by atoms with Gasteiger partial charge in [-0.3, -0.25) is 4.90 Å². The number of aryl methyl sites for hydroxylation is 1. The van der Waals surface area contributed by atoms with Gasteiger partial charge in [0.2, 0.25) is 0 Å². The molecule has 1 fully saturated rings. The van der Waals surface area contributed by atoms with Crippen LogP contribution in [0.5, 0.6) is 0 Å². The third kappa shape index (κ3) is 3.58. The smallest absolute Gasteiger partial charge is 0.0473 e. The van der Waals surface area contributed by atoms with E-state index >= 15 is 0 Å². The summed E-state index contributed by atoms with van der Waals surface area (Å²) >= 11 is 0. The molecule has 2 heteroatoms. The van der Waals surface area contributed by atoms with E-state index in [1.807, 2.05) is 0 Å². The predicted molar refractivity (Wildman–Crippen MR) is 82.2 cm³/mol. The number of hydrogen-bond donors (Lipinski definition) is 1. The highest BCUT2D eigenvalue weighted by atomic mass is 15.2. The summed E-state index contributed by atoms with van der Waals surface area (Å²) in [7, 11) is 0. The first kappa shape index (κ1) is 14.5. The maximum Gasteiger partial charge on any atom is 0.0473 e. The Hall–Kier alpha value is -0.860. The van der Waals surface area contributed by atoms with Gasteiger partial charge in [-0.05, 0) is 38.3 Å². The number of rotatable bonds is 4. The number of benzene rings is 1. The molecule has 1 aliphatic rings. The highest BCUT2D eigenvalue weighted by Gasteiger charge is 2.26. The molecule has 19 heavy (non-hydrogen) atoms. The van der Waals surface area contributed by atoms with Gasteiger partial charge in [0.1, 0.15) is 0 Å². The van der Waals surface area contributed by atoms with Gasteiger partial charge in [-0.2, -0.15) is 0 Å². The molecule has 0 saturated carbocycles. The van der Waals surface area contributed by atoms with Gasteiger partial charge < -0.3 is 5.73 Å². The molecule has 0 radical (unpaired) electrons. The van der Waals surface area contributed by atoms with Crippen LogP contribution < -0.4 is 5.73 Å². The van der Waals surface area contributed by atoms with Crippen LogP contribution in [-0.2, 0) is 0 Å². The van der Waals surface area contributed by atoms with Crippen molar-refractivity contribution >= 4 is 0 Å². The van der Waals surface area contributed by atoms with Gasteiger partial charge in [0, 0.05) is 18.6 Å². The number of likely N-dealkylation sites (tertiary alicyclic amines) is 1. The van der Waals surface area contributed by atoms with Crippen molar-refractivity contribution in [2.45, 2.75) is 58.0 Å². The zero-order valence-corrected chi connectivity index (χ0v) is 12.4. The maximum atomic E-state index is 6.11. The number of nitrogens with zero attached hydrogens (tertiary/aromatic N) is 1. The minimum Gasteiger partial charge on any atom is -0.329 e. The summed E-state index contributed by atoms with van der Waals surface area (Å²) in [6, 6.07) is 9.96. The fraction of sp³-hybridized carbons (Fsp3) is 0.647. The van der Waals surface area contributed by atoms with E-state index in [-0.39, 0.29) is 0 Å². The molecule has 0 aromatic heterocycles. The van der Waals surface area contributed by atoms with Crippen LogP contribution in [0.25, 0.3) is 0 Å². The normalized spacial score (nSPS) is 23.0. The second kappa shape index (κ2) is 7.06. The molecule has 0 spiro atoms. The minimum atomic E-state index is 0.392. The Morgan fingerprint density at radius 3 is 2.84 bits per heavy atom. The Morgan fingerprint density at radius 1 is 1.32 bits per heavy atom. The molecule has 2 atom stereocenters. The minimum absolute atomic E-state index is 0.392. The van der Waals surface area contributed by atoms with Gasteiger partial charge in [-0.1, -0.05) is 49.6 Å². The summed E-state index contributed by atoms with van der Waals surface area (Å²) < 4.78 is 0. The summed E-state index contributed by atoms with van der Waals surface area (Å²) in [6.07, 6.45) is 6.64. The molecule has 0 aliphatic carbocycles. The third-order valence-electron chi connectivity index (χ3n) is 4.44. The molecule has 2 rings (SSSR count). The Balaban J connectivity index is 2.23.